The van der Waals surface area contributed by atoms with Gasteiger partial charge in [0.05, 0.1) is 0 Å². The zero-order chi connectivity index (χ0) is 10.6. The van der Waals surface area contributed by atoms with E-state index in [4.69, 9.17) is 0 Å². The summed E-state index contributed by atoms with van der Waals surface area (Å²) in [6.07, 6.45) is -1.54. The summed E-state index contributed by atoms with van der Waals surface area (Å²) in [6.45, 7) is -1.66. The van der Waals surface area contributed by atoms with Crippen LogP contribution in [-0.4, -0.2) is 28.5 Å². The Kier molecular flexibility index (Phi) is 3.05. The molecule has 0 radical (unpaired) electrons. The fourth-order valence-corrected chi connectivity index (χ4v) is 0.335. The standard InChI is InChI=1S/C3H4FN3O6/c4-3(6(9)10,7(11)12)1-13-2(5)8/h1H2,(H2,5,8). The Hall–Kier alpha value is -2.00. The van der Waals surface area contributed by atoms with Crippen LogP contribution in [0.25, 0.3) is 0 Å². The van der Waals surface area contributed by atoms with Crippen molar-refractivity contribution in [2.75, 3.05) is 6.61 Å². The predicted octanol–water partition coefficient (Wildman–Crippen LogP) is -0.742. The Morgan fingerprint density at radius 2 is 1.85 bits per heavy atom. The normalized spacial score (nSPS) is 10.5. The first kappa shape index (κ1) is 11.0. The molecule has 74 valence electrons. The predicted molar refractivity (Wildman–Crippen MR) is 33.4 cm³/mol. The van der Waals surface area contributed by atoms with Crippen molar-refractivity contribution in [2.45, 2.75) is 5.92 Å². The molecular weight excluding hydrogens is 193 g/mol. The molecule has 0 aromatic heterocycles. The van der Waals surface area contributed by atoms with Gasteiger partial charge in [0.15, 0.2) is 0 Å². The van der Waals surface area contributed by atoms with Crippen LogP contribution in [0.2, 0.25) is 0 Å². The van der Waals surface area contributed by atoms with Crippen LogP contribution in [-0.2, 0) is 4.74 Å². The lowest BCUT2D eigenvalue weighted by Gasteiger charge is -2.06. The average molecular weight is 197 g/mol. The molecule has 0 bridgehead atoms. The van der Waals surface area contributed by atoms with E-state index in [1.807, 2.05) is 0 Å². The minimum Gasteiger partial charge on any atom is -0.430 e. The number of alkyl halides is 1. The molecule has 0 rings (SSSR count). The number of ether oxygens (including phenoxy) is 1. The summed E-state index contributed by atoms with van der Waals surface area (Å²) in [6, 6.07) is 0. The molecule has 10 heteroatoms. The Morgan fingerprint density at radius 1 is 1.46 bits per heavy atom. The molecule has 0 saturated carbocycles. The van der Waals surface area contributed by atoms with Crippen LogP contribution in [0.4, 0.5) is 9.18 Å². The van der Waals surface area contributed by atoms with Gasteiger partial charge < -0.3 is 10.5 Å². The smallest absolute Gasteiger partial charge is 0.430 e. The summed E-state index contributed by atoms with van der Waals surface area (Å²) in [5, 5.41) is 19.7. The first-order chi connectivity index (χ1) is 5.80. The molecule has 0 saturated heterocycles. The van der Waals surface area contributed by atoms with Gasteiger partial charge in [0, 0.05) is 0 Å². The largest absolute Gasteiger partial charge is 0.648 e. The Balaban J connectivity index is 4.52. The molecular formula is C3H4FN3O6. The first-order valence-corrected chi connectivity index (χ1v) is 2.71. The molecule has 1 amide bonds. The van der Waals surface area contributed by atoms with Gasteiger partial charge in [-0.25, -0.2) is 4.79 Å². The second kappa shape index (κ2) is 3.60. The van der Waals surface area contributed by atoms with E-state index in [2.05, 4.69) is 10.5 Å². The van der Waals surface area contributed by atoms with Gasteiger partial charge in [0.1, 0.15) is 9.85 Å². The molecule has 0 aromatic carbocycles. The molecule has 0 aliphatic heterocycles. The van der Waals surface area contributed by atoms with Gasteiger partial charge in [-0.05, 0) is 0 Å². The topological polar surface area (TPSA) is 139 Å². The minimum atomic E-state index is -4.05. The fourth-order valence-electron chi connectivity index (χ4n) is 0.335. The van der Waals surface area contributed by atoms with E-state index in [0.717, 1.165) is 0 Å². The number of rotatable bonds is 4. The maximum Gasteiger partial charge on any atom is 0.648 e. The number of hydrogen-bond acceptors (Lipinski definition) is 6. The SMILES string of the molecule is NC(=O)OCC(F)([N+](=O)[O-])[N+](=O)[O-]. The zero-order valence-corrected chi connectivity index (χ0v) is 6.01. The third-order valence-electron chi connectivity index (χ3n) is 0.958. The third-order valence-corrected chi connectivity index (χ3v) is 0.958. The maximum absolute atomic E-state index is 12.7. The monoisotopic (exact) mass is 197 g/mol. The van der Waals surface area contributed by atoms with Gasteiger partial charge in [0.25, 0.3) is 6.61 Å². The lowest BCUT2D eigenvalue weighted by molar-refractivity contribution is -0.832. The highest BCUT2D eigenvalue weighted by molar-refractivity contribution is 5.64. The lowest BCUT2D eigenvalue weighted by atomic mass is 10.5. The molecule has 0 aliphatic carbocycles. The first-order valence-electron chi connectivity index (χ1n) is 2.71. The third kappa shape index (κ3) is 2.50. The molecule has 13 heavy (non-hydrogen) atoms. The molecule has 0 aromatic rings. The Bertz CT molecular complexity index is 240. The fraction of sp³-hybridized carbons (Fsp3) is 0.667. The maximum atomic E-state index is 12.7. The summed E-state index contributed by atoms with van der Waals surface area (Å²) in [4.78, 5) is 25.9. The van der Waals surface area contributed by atoms with E-state index in [0.29, 0.717) is 0 Å². The molecule has 2 N–H and O–H groups in total. The summed E-state index contributed by atoms with van der Waals surface area (Å²) in [5.41, 5.74) is 4.33. The van der Waals surface area contributed by atoms with E-state index < -0.39 is 28.5 Å². The Morgan fingerprint density at radius 3 is 2.08 bits per heavy atom. The number of amides is 1. The van der Waals surface area contributed by atoms with Crippen molar-refractivity contribution >= 4 is 6.09 Å². The van der Waals surface area contributed by atoms with Gasteiger partial charge in [-0.2, -0.15) is 0 Å². The quantitative estimate of drug-likeness (QED) is 0.272. The highest BCUT2D eigenvalue weighted by Gasteiger charge is 2.59. The van der Waals surface area contributed by atoms with Crippen LogP contribution in [0.1, 0.15) is 0 Å². The number of nitro groups is 2. The second-order valence-electron chi connectivity index (χ2n) is 1.84. The van der Waals surface area contributed by atoms with E-state index in [-0.39, 0.29) is 0 Å². The van der Waals surface area contributed by atoms with E-state index in [1.165, 1.54) is 0 Å². The number of hydrogen-bond donors (Lipinski definition) is 1. The number of nitrogens with two attached hydrogens (primary N) is 1. The van der Waals surface area contributed by atoms with Gasteiger partial charge in [-0.15, -0.1) is 0 Å². The molecule has 9 nitrogen and oxygen atoms in total. The number of nitrogens with zero attached hydrogens (tertiary/aromatic N) is 2. The van der Waals surface area contributed by atoms with Crippen LogP contribution in [0.15, 0.2) is 0 Å². The number of halogens is 1. The number of carbonyl (C=O) groups is 1. The van der Waals surface area contributed by atoms with E-state index in [9.17, 15) is 29.4 Å². The Labute approximate surface area is 69.6 Å². The molecule has 0 heterocycles. The summed E-state index contributed by atoms with van der Waals surface area (Å²) >= 11 is 0. The van der Waals surface area contributed by atoms with Gasteiger partial charge in [-0.1, -0.05) is 4.39 Å². The van der Waals surface area contributed by atoms with Crippen molar-refractivity contribution < 1.29 is 23.8 Å². The summed E-state index contributed by atoms with van der Waals surface area (Å²) in [7, 11) is 0. The van der Waals surface area contributed by atoms with Gasteiger partial charge >= 0.3 is 12.0 Å². The number of carbonyl (C=O) groups excluding carboxylic acids is 1. The van der Waals surface area contributed by atoms with Crippen LogP contribution in [0.5, 0.6) is 0 Å². The van der Waals surface area contributed by atoms with Crippen LogP contribution in [0.3, 0.4) is 0 Å². The van der Waals surface area contributed by atoms with Gasteiger partial charge in [0.2, 0.25) is 0 Å². The van der Waals surface area contributed by atoms with Crippen LogP contribution in [0, 0.1) is 20.2 Å². The minimum absolute atomic E-state index is 1.54. The summed E-state index contributed by atoms with van der Waals surface area (Å²) in [5.74, 6) is -4.05. The highest BCUT2D eigenvalue weighted by Crippen LogP contribution is 2.12. The van der Waals surface area contributed by atoms with E-state index >= 15 is 0 Å². The van der Waals surface area contributed by atoms with Gasteiger partial charge in [-0.3, -0.25) is 20.2 Å². The highest BCUT2D eigenvalue weighted by atomic mass is 19.2. The van der Waals surface area contributed by atoms with Crippen molar-refractivity contribution in [3.05, 3.63) is 20.2 Å². The molecule has 0 unspecified atom stereocenters. The van der Waals surface area contributed by atoms with Crippen molar-refractivity contribution in [1.82, 2.24) is 0 Å². The van der Waals surface area contributed by atoms with Crippen LogP contribution < -0.4 is 5.73 Å². The van der Waals surface area contributed by atoms with Crippen molar-refractivity contribution in [1.29, 1.82) is 0 Å². The molecule has 0 aliphatic rings. The second-order valence-corrected chi connectivity index (χ2v) is 1.84. The van der Waals surface area contributed by atoms with Crippen LogP contribution >= 0.6 is 0 Å². The molecule has 0 atom stereocenters. The lowest BCUT2D eigenvalue weighted by Crippen LogP contribution is -2.46. The summed E-state index contributed by atoms with van der Waals surface area (Å²) < 4.78 is 16.3. The zero-order valence-electron chi connectivity index (χ0n) is 6.01. The van der Waals surface area contributed by atoms with Crippen molar-refractivity contribution in [3.63, 3.8) is 0 Å². The average Bonchev–Trinajstić information content (AvgIpc) is 1.99. The molecule has 0 spiro atoms. The van der Waals surface area contributed by atoms with Crippen molar-refractivity contribution in [3.8, 4) is 0 Å². The number of primary amides is 1. The molecule has 0 fully saturated rings. The van der Waals surface area contributed by atoms with E-state index in [1.54, 1.807) is 0 Å². The van der Waals surface area contributed by atoms with Crippen molar-refractivity contribution in [2.24, 2.45) is 5.73 Å².